The molecular formula is C11H19NO3S. The van der Waals surface area contributed by atoms with Gasteiger partial charge < -0.3 is 10.0 Å². The highest BCUT2D eigenvalue weighted by Crippen LogP contribution is 2.26. The number of carbonyl (C=O) groups excluding carboxylic acids is 1. The van der Waals surface area contributed by atoms with Crippen LogP contribution in [0.25, 0.3) is 0 Å². The zero-order valence-electron chi connectivity index (χ0n) is 9.81. The third kappa shape index (κ3) is 3.40. The lowest BCUT2D eigenvalue weighted by Gasteiger charge is -2.27. The molecule has 0 spiro atoms. The molecule has 1 rings (SSSR count). The van der Waals surface area contributed by atoms with Crippen molar-refractivity contribution in [3.63, 3.8) is 0 Å². The molecule has 1 amide bonds. The molecule has 0 aliphatic carbocycles. The van der Waals surface area contributed by atoms with Gasteiger partial charge in [0.15, 0.2) is 0 Å². The second kappa shape index (κ2) is 6.13. The molecule has 1 aliphatic rings. The summed E-state index contributed by atoms with van der Waals surface area (Å²) in [6.07, 6.45) is 3.13. The minimum absolute atomic E-state index is 0.00471. The van der Waals surface area contributed by atoms with Crippen molar-refractivity contribution in [1.29, 1.82) is 0 Å². The average molecular weight is 245 g/mol. The predicted molar refractivity (Wildman–Crippen MR) is 64.6 cm³/mol. The van der Waals surface area contributed by atoms with E-state index in [1.54, 1.807) is 0 Å². The maximum atomic E-state index is 11.9. The van der Waals surface area contributed by atoms with Crippen LogP contribution in [0.15, 0.2) is 0 Å². The van der Waals surface area contributed by atoms with Crippen molar-refractivity contribution in [3.8, 4) is 0 Å². The van der Waals surface area contributed by atoms with Crippen LogP contribution in [0.1, 0.15) is 33.1 Å². The van der Waals surface area contributed by atoms with E-state index < -0.39 is 5.97 Å². The number of nitrogens with zero attached hydrogens (tertiary/aromatic N) is 1. The molecule has 16 heavy (non-hydrogen) atoms. The summed E-state index contributed by atoms with van der Waals surface area (Å²) in [5.41, 5.74) is 0. The number of aliphatic carboxylic acids is 1. The maximum absolute atomic E-state index is 11.9. The predicted octanol–water partition coefficient (Wildman–Crippen LogP) is 1.59. The first-order chi connectivity index (χ1) is 7.56. The molecule has 1 aliphatic heterocycles. The molecule has 1 heterocycles. The van der Waals surface area contributed by atoms with Crippen LogP contribution in [0.3, 0.4) is 0 Å². The molecule has 0 bridgehead atoms. The summed E-state index contributed by atoms with van der Waals surface area (Å²) in [7, 11) is 0. The molecule has 0 aromatic rings. The molecule has 92 valence electrons. The van der Waals surface area contributed by atoms with Gasteiger partial charge in [0, 0.05) is 12.1 Å². The number of rotatable bonds is 5. The van der Waals surface area contributed by atoms with Gasteiger partial charge in [-0.3, -0.25) is 9.59 Å². The first-order valence-corrected chi connectivity index (χ1v) is 6.82. The van der Waals surface area contributed by atoms with Crippen molar-refractivity contribution in [3.05, 3.63) is 0 Å². The van der Waals surface area contributed by atoms with E-state index in [4.69, 9.17) is 5.11 Å². The standard InChI is InChI=1S/C11H19NO3S/c1-3-9-5-4-8(2)12(9)10(13)6-16-7-11(14)15/h8-9H,3-7H2,1-2H3,(H,14,15). The minimum atomic E-state index is -0.862. The van der Waals surface area contributed by atoms with Crippen LogP contribution in [-0.4, -0.2) is 45.5 Å². The highest BCUT2D eigenvalue weighted by atomic mass is 32.2. The van der Waals surface area contributed by atoms with Crippen LogP contribution < -0.4 is 0 Å². The second-order valence-corrected chi connectivity index (χ2v) is 5.16. The van der Waals surface area contributed by atoms with Crippen LogP contribution in [0.2, 0.25) is 0 Å². The van der Waals surface area contributed by atoms with E-state index in [0.717, 1.165) is 19.3 Å². The van der Waals surface area contributed by atoms with Gasteiger partial charge in [-0.25, -0.2) is 0 Å². The second-order valence-electron chi connectivity index (χ2n) is 4.18. The van der Waals surface area contributed by atoms with Gasteiger partial charge in [0.2, 0.25) is 5.91 Å². The number of carbonyl (C=O) groups is 2. The molecule has 0 aromatic heterocycles. The van der Waals surface area contributed by atoms with E-state index in [-0.39, 0.29) is 17.4 Å². The Morgan fingerprint density at radius 3 is 2.62 bits per heavy atom. The monoisotopic (exact) mass is 245 g/mol. The third-order valence-corrected chi connectivity index (χ3v) is 3.90. The van der Waals surface area contributed by atoms with Gasteiger partial charge in [0.05, 0.1) is 11.5 Å². The molecule has 0 aromatic carbocycles. The number of hydrogen-bond acceptors (Lipinski definition) is 3. The van der Waals surface area contributed by atoms with Gasteiger partial charge in [-0.05, 0) is 26.2 Å². The van der Waals surface area contributed by atoms with Gasteiger partial charge in [-0.15, -0.1) is 11.8 Å². The van der Waals surface area contributed by atoms with Crippen LogP contribution in [0.5, 0.6) is 0 Å². The molecular weight excluding hydrogens is 226 g/mol. The zero-order valence-corrected chi connectivity index (χ0v) is 10.6. The highest BCUT2D eigenvalue weighted by Gasteiger charge is 2.32. The van der Waals surface area contributed by atoms with Crippen molar-refractivity contribution in [2.75, 3.05) is 11.5 Å². The number of thioether (sulfide) groups is 1. The first-order valence-electron chi connectivity index (χ1n) is 5.67. The molecule has 0 saturated carbocycles. The molecule has 5 heteroatoms. The fourth-order valence-electron chi connectivity index (χ4n) is 2.22. The van der Waals surface area contributed by atoms with Crippen molar-refractivity contribution < 1.29 is 14.7 Å². The summed E-state index contributed by atoms with van der Waals surface area (Å²) in [4.78, 5) is 24.2. The minimum Gasteiger partial charge on any atom is -0.481 e. The number of amides is 1. The summed E-state index contributed by atoms with van der Waals surface area (Å²) < 4.78 is 0. The van der Waals surface area contributed by atoms with Crippen LogP contribution in [0, 0.1) is 0 Å². The highest BCUT2D eigenvalue weighted by molar-refractivity contribution is 8.00. The lowest BCUT2D eigenvalue weighted by molar-refractivity contribution is -0.133. The zero-order chi connectivity index (χ0) is 12.1. The SMILES string of the molecule is CCC1CCC(C)N1C(=O)CSCC(=O)O. The molecule has 1 saturated heterocycles. The molecule has 0 radical (unpaired) electrons. The molecule has 4 nitrogen and oxygen atoms in total. The fourth-order valence-corrected chi connectivity index (χ4v) is 2.82. The molecule has 1 fully saturated rings. The van der Waals surface area contributed by atoms with E-state index in [9.17, 15) is 9.59 Å². The van der Waals surface area contributed by atoms with E-state index in [2.05, 4.69) is 13.8 Å². The van der Waals surface area contributed by atoms with Gasteiger partial charge in [-0.2, -0.15) is 0 Å². The van der Waals surface area contributed by atoms with Crippen molar-refractivity contribution in [1.82, 2.24) is 4.90 Å². The normalized spacial score (nSPS) is 24.8. The molecule has 1 N–H and O–H groups in total. The Hall–Kier alpha value is -0.710. The first kappa shape index (κ1) is 13.4. The van der Waals surface area contributed by atoms with Crippen LogP contribution >= 0.6 is 11.8 Å². The quantitative estimate of drug-likeness (QED) is 0.799. The van der Waals surface area contributed by atoms with Crippen LogP contribution in [0.4, 0.5) is 0 Å². The Labute approximate surface area is 100 Å². The van der Waals surface area contributed by atoms with Gasteiger partial charge in [-0.1, -0.05) is 6.92 Å². The number of likely N-dealkylation sites (tertiary alicyclic amines) is 1. The third-order valence-electron chi connectivity index (χ3n) is 3.00. The number of carboxylic acids is 1. The largest absolute Gasteiger partial charge is 0.481 e. The van der Waals surface area contributed by atoms with Crippen molar-refractivity contribution in [2.24, 2.45) is 0 Å². The van der Waals surface area contributed by atoms with Gasteiger partial charge in [0.1, 0.15) is 0 Å². The lowest BCUT2D eigenvalue weighted by Crippen LogP contribution is -2.40. The molecule has 2 atom stereocenters. The van der Waals surface area contributed by atoms with Crippen LogP contribution in [-0.2, 0) is 9.59 Å². The summed E-state index contributed by atoms with van der Waals surface area (Å²) in [6, 6.07) is 0.663. The van der Waals surface area contributed by atoms with E-state index in [0.29, 0.717) is 12.1 Å². The summed E-state index contributed by atoms with van der Waals surface area (Å²) >= 11 is 1.18. The Morgan fingerprint density at radius 2 is 2.06 bits per heavy atom. The topological polar surface area (TPSA) is 57.6 Å². The summed E-state index contributed by atoms with van der Waals surface area (Å²) in [5, 5.41) is 8.50. The number of hydrogen-bond donors (Lipinski definition) is 1. The van der Waals surface area contributed by atoms with Gasteiger partial charge >= 0.3 is 5.97 Å². The maximum Gasteiger partial charge on any atom is 0.313 e. The van der Waals surface area contributed by atoms with Crippen molar-refractivity contribution >= 4 is 23.6 Å². The van der Waals surface area contributed by atoms with E-state index in [1.807, 2.05) is 4.90 Å². The Kier molecular flexibility index (Phi) is 5.12. The van der Waals surface area contributed by atoms with E-state index in [1.165, 1.54) is 11.8 Å². The Balaban J connectivity index is 2.42. The summed E-state index contributed by atoms with van der Waals surface area (Å²) in [5.74, 6) is -0.486. The van der Waals surface area contributed by atoms with Gasteiger partial charge in [0.25, 0.3) is 0 Å². The van der Waals surface area contributed by atoms with E-state index >= 15 is 0 Å². The molecule has 2 unspecified atom stereocenters. The number of carboxylic acid groups (broad SMARTS) is 1. The summed E-state index contributed by atoms with van der Waals surface area (Å²) in [6.45, 7) is 4.16. The Bertz CT molecular complexity index is 270. The Morgan fingerprint density at radius 1 is 1.38 bits per heavy atom. The van der Waals surface area contributed by atoms with Crippen molar-refractivity contribution in [2.45, 2.75) is 45.2 Å². The fraction of sp³-hybridized carbons (Fsp3) is 0.818. The smallest absolute Gasteiger partial charge is 0.313 e. The lowest BCUT2D eigenvalue weighted by atomic mass is 10.1. The average Bonchev–Trinajstić information content (AvgIpc) is 2.58.